The summed E-state index contributed by atoms with van der Waals surface area (Å²) in [6.07, 6.45) is 0.0447. The summed E-state index contributed by atoms with van der Waals surface area (Å²) in [5.41, 5.74) is 2.25. The summed E-state index contributed by atoms with van der Waals surface area (Å²) in [6.45, 7) is 0.780. The molecule has 0 amide bonds. The number of anilines is 1. The molecule has 3 aromatic rings. The number of hydrogen-bond donors (Lipinski definition) is 1. The minimum Gasteiger partial charge on any atom is -0.482 e. The molecule has 0 aromatic heterocycles. The predicted molar refractivity (Wildman–Crippen MR) is 89.9 cm³/mol. The Balaban J connectivity index is 1.68. The Bertz CT molecular complexity index is 815. The minimum atomic E-state index is 0.0447. The lowest BCUT2D eigenvalue weighted by molar-refractivity contribution is 0.210. The molecule has 0 spiro atoms. The summed E-state index contributed by atoms with van der Waals surface area (Å²) < 4.78 is 7.20. The Morgan fingerprint density at radius 2 is 1.81 bits per heavy atom. The van der Waals surface area contributed by atoms with Gasteiger partial charge in [-0.2, -0.15) is 0 Å². The van der Waals surface area contributed by atoms with Gasteiger partial charge in [-0.3, -0.25) is 0 Å². The lowest BCUT2D eigenvalue weighted by Gasteiger charge is -2.28. The van der Waals surface area contributed by atoms with E-state index in [4.69, 9.17) is 4.74 Å². The monoisotopic (exact) mass is 339 g/mol. The number of nitrogens with one attached hydrogen (secondary N) is 1. The van der Waals surface area contributed by atoms with Crippen LogP contribution in [0.4, 0.5) is 5.69 Å². The Morgan fingerprint density at radius 1 is 0.952 bits per heavy atom. The van der Waals surface area contributed by atoms with Crippen LogP contribution in [0, 0.1) is 0 Å². The van der Waals surface area contributed by atoms with Crippen LogP contribution >= 0.6 is 15.9 Å². The quantitative estimate of drug-likeness (QED) is 0.662. The van der Waals surface area contributed by atoms with Gasteiger partial charge in [0.15, 0.2) is 0 Å². The van der Waals surface area contributed by atoms with Crippen LogP contribution in [0.5, 0.6) is 5.75 Å². The second kappa shape index (κ2) is 5.08. The SMILES string of the molecule is Brc1ccc2c(c1)NCC(c1ccc3ccccc3c1)O2. The minimum absolute atomic E-state index is 0.0447. The first kappa shape index (κ1) is 12.7. The van der Waals surface area contributed by atoms with E-state index in [1.165, 1.54) is 16.3 Å². The molecule has 0 saturated carbocycles. The van der Waals surface area contributed by atoms with Gasteiger partial charge in [-0.05, 0) is 40.6 Å². The van der Waals surface area contributed by atoms with Crippen molar-refractivity contribution in [3.63, 3.8) is 0 Å². The van der Waals surface area contributed by atoms with E-state index < -0.39 is 0 Å². The lowest BCUT2D eigenvalue weighted by atomic mass is 10.0. The molecule has 0 radical (unpaired) electrons. The van der Waals surface area contributed by atoms with Crippen LogP contribution in [0.2, 0.25) is 0 Å². The molecule has 1 aliphatic rings. The normalized spacial score (nSPS) is 16.9. The van der Waals surface area contributed by atoms with E-state index in [1.807, 2.05) is 18.2 Å². The van der Waals surface area contributed by atoms with Crippen molar-refractivity contribution in [1.29, 1.82) is 0 Å². The summed E-state index contributed by atoms with van der Waals surface area (Å²) >= 11 is 3.48. The van der Waals surface area contributed by atoms with E-state index in [-0.39, 0.29) is 6.10 Å². The molecule has 0 saturated heterocycles. The fourth-order valence-corrected chi connectivity index (χ4v) is 3.10. The average molecular weight is 340 g/mol. The highest BCUT2D eigenvalue weighted by molar-refractivity contribution is 9.10. The standard InChI is InChI=1S/C18H14BrNO/c19-15-7-8-17-16(10-15)20-11-18(21-17)14-6-5-12-3-1-2-4-13(12)9-14/h1-10,18,20H,11H2. The summed E-state index contributed by atoms with van der Waals surface area (Å²) in [7, 11) is 0. The van der Waals surface area contributed by atoms with E-state index in [0.717, 1.165) is 22.5 Å². The zero-order valence-corrected chi connectivity index (χ0v) is 12.9. The van der Waals surface area contributed by atoms with Gasteiger partial charge in [0.25, 0.3) is 0 Å². The predicted octanol–water partition coefficient (Wildman–Crippen LogP) is 5.15. The van der Waals surface area contributed by atoms with E-state index in [0.29, 0.717) is 0 Å². The fraction of sp³-hybridized carbons (Fsp3) is 0.111. The van der Waals surface area contributed by atoms with Crippen LogP contribution < -0.4 is 10.1 Å². The van der Waals surface area contributed by atoms with E-state index in [1.54, 1.807) is 0 Å². The third kappa shape index (κ3) is 2.38. The Hall–Kier alpha value is -2.00. The molecule has 2 nitrogen and oxygen atoms in total. The van der Waals surface area contributed by atoms with Gasteiger partial charge in [0.1, 0.15) is 11.9 Å². The molecule has 104 valence electrons. The van der Waals surface area contributed by atoms with Crippen LogP contribution in [0.1, 0.15) is 11.7 Å². The molecule has 0 fully saturated rings. The van der Waals surface area contributed by atoms with Gasteiger partial charge >= 0.3 is 0 Å². The molecule has 0 aliphatic carbocycles. The van der Waals surface area contributed by atoms with E-state index in [9.17, 15) is 0 Å². The second-order valence-corrected chi connectivity index (χ2v) is 6.15. The van der Waals surface area contributed by atoms with Crippen molar-refractivity contribution in [2.75, 3.05) is 11.9 Å². The van der Waals surface area contributed by atoms with Crippen molar-refractivity contribution in [2.24, 2.45) is 0 Å². The highest BCUT2D eigenvalue weighted by Crippen LogP contribution is 2.36. The molecule has 1 atom stereocenters. The molecule has 4 rings (SSSR count). The Morgan fingerprint density at radius 3 is 2.71 bits per heavy atom. The number of fused-ring (bicyclic) bond motifs is 2. The molecule has 1 N–H and O–H groups in total. The largest absolute Gasteiger partial charge is 0.482 e. The van der Waals surface area contributed by atoms with Crippen molar-refractivity contribution in [1.82, 2.24) is 0 Å². The molecule has 0 bridgehead atoms. The zero-order valence-electron chi connectivity index (χ0n) is 11.3. The summed E-state index contributed by atoms with van der Waals surface area (Å²) in [4.78, 5) is 0. The highest BCUT2D eigenvalue weighted by Gasteiger charge is 2.21. The summed E-state index contributed by atoms with van der Waals surface area (Å²) in [5, 5.41) is 5.95. The van der Waals surface area contributed by atoms with Crippen molar-refractivity contribution >= 4 is 32.4 Å². The topological polar surface area (TPSA) is 21.3 Å². The average Bonchev–Trinajstić information content (AvgIpc) is 2.54. The van der Waals surface area contributed by atoms with Crippen LogP contribution in [0.3, 0.4) is 0 Å². The smallest absolute Gasteiger partial charge is 0.143 e. The Kier molecular flexibility index (Phi) is 3.08. The molecule has 1 heterocycles. The van der Waals surface area contributed by atoms with Gasteiger partial charge in [-0.15, -0.1) is 0 Å². The van der Waals surface area contributed by atoms with Gasteiger partial charge in [0.05, 0.1) is 12.2 Å². The summed E-state index contributed by atoms with van der Waals surface area (Å²) in [5.74, 6) is 0.905. The van der Waals surface area contributed by atoms with Gasteiger partial charge in [0.2, 0.25) is 0 Å². The third-order valence-corrected chi connectivity index (χ3v) is 4.33. The van der Waals surface area contributed by atoms with Crippen LogP contribution in [0.25, 0.3) is 10.8 Å². The van der Waals surface area contributed by atoms with Crippen LogP contribution in [0.15, 0.2) is 65.1 Å². The van der Waals surface area contributed by atoms with E-state index in [2.05, 4.69) is 63.7 Å². The third-order valence-electron chi connectivity index (χ3n) is 3.83. The molecule has 1 aliphatic heterocycles. The lowest BCUT2D eigenvalue weighted by Crippen LogP contribution is -2.23. The number of rotatable bonds is 1. The molecular formula is C18H14BrNO. The van der Waals surface area contributed by atoms with Crippen LogP contribution in [-0.2, 0) is 0 Å². The van der Waals surface area contributed by atoms with Gasteiger partial charge in [0, 0.05) is 4.47 Å². The number of ether oxygens (including phenoxy) is 1. The maximum atomic E-state index is 6.14. The second-order valence-electron chi connectivity index (χ2n) is 5.23. The van der Waals surface area contributed by atoms with Crippen molar-refractivity contribution < 1.29 is 4.74 Å². The van der Waals surface area contributed by atoms with Gasteiger partial charge in [-0.25, -0.2) is 0 Å². The summed E-state index contributed by atoms with van der Waals surface area (Å²) in [6, 6.07) is 21.0. The zero-order chi connectivity index (χ0) is 14.2. The highest BCUT2D eigenvalue weighted by atomic mass is 79.9. The van der Waals surface area contributed by atoms with Gasteiger partial charge < -0.3 is 10.1 Å². The number of hydrogen-bond acceptors (Lipinski definition) is 2. The van der Waals surface area contributed by atoms with E-state index >= 15 is 0 Å². The maximum absolute atomic E-state index is 6.14. The van der Waals surface area contributed by atoms with Crippen molar-refractivity contribution in [2.45, 2.75) is 6.10 Å². The number of halogens is 1. The first-order chi connectivity index (χ1) is 10.3. The maximum Gasteiger partial charge on any atom is 0.143 e. The molecule has 21 heavy (non-hydrogen) atoms. The Labute approximate surface area is 131 Å². The number of benzene rings is 3. The molecule has 3 heteroatoms. The molecule has 1 unspecified atom stereocenters. The fourth-order valence-electron chi connectivity index (χ4n) is 2.73. The van der Waals surface area contributed by atoms with Crippen LogP contribution in [-0.4, -0.2) is 6.54 Å². The van der Waals surface area contributed by atoms with Gasteiger partial charge in [-0.1, -0.05) is 52.3 Å². The first-order valence-corrected chi connectivity index (χ1v) is 7.78. The molecular weight excluding hydrogens is 326 g/mol. The first-order valence-electron chi connectivity index (χ1n) is 6.98. The van der Waals surface area contributed by atoms with Crippen molar-refractivity contribution in [3.8, 4) is 5.75 Å². The molecule has 3 aromatic carbocycles. The van der Waals surface area contributed by atoms with Crippen molar-refractivity contribution in [3.05, 3.63) is 70.7 Å².